The highest BCUT2D eigenvalue weighted by Crippen LogP contribution is 2.26. The topological polar surface area (TPSA) is 76.7 Å². The minimum absolute atomic E-state index is 0.108. The summed E-state index contributed by atoms with van der Waals surface area (Å²) >= 11 is 0. The number of halogens is 1. The number of hydrazone groups is 1. The van der Waals surface area contributed by atoms with E-state index in [0.29, 0.717) is 11.3 Å². The maximum Gasteiger partial charge on any atom is 0.332 e. The van der Waals surface area contributed by atoms with Crippen molar-refractivity contribution < 1.29 is 13.9 Å². The highest BCUT2D eigenvalue weighted by molar-refractivity contribution is 5.84. The van der Waals surface area contributed by atoms with Crippen LogP contribution in [0.2, 0.25) is 0 Å². The van der Waals surface area contributed by atoms with Gasteiger partial charge in [0.05, 0.1) is 6.21 Å². The number of amides is 2. The Kier molecular flexibility index (Phi) is 4.28. The number of rotatable bonds is 4. The second kappa shape index (κ2) is 6.33. The van der Waals surface area contributed by atoms with Gasteiger partial charge in [0.15, 0.2) is 11.6 Å². The van der Waals surface area contributed by atoms with E-state index in [9.17, 15) is 9.18 Å². The van der Waals surface area contributed by atoms with Crippen LogP contribution in [0, 0.1) is 5.82 Å². The lowest BCUT2D eigenvalue weighted by Gasteiger charge is -2.08. The summed E-state index contributed by atoms with van der Waals surface area (Å²) in [5, 5.41) is 3.64. The molecule has 0 radical (unpaired) electrons. The Balaban J connectivity index is 2.22. The van der Waals surface area contributed by atoms with Crippen LogP contribution < -0.4 is 15.9 Å². The smallest absolute Gasteiger partial charge is 0.332 e. The average molecular weight is 273 g/mol. The standard InChI is InChI=1S/C14H12FN3O2/c15-11-6-2-4-8-13(11)20-12-7-3-1-5-10(12)9-17-18-14(16)19/h1-9H,(H3,16,18,19). The molecule has 2 amide bonds. The summed E-state index contributed by atoms with van der Waals surface area (Å²) in [5.41, 5.74) is 7.54. The van der Waals surface area contributed by atoms with E-state index in [4.69, 9.17) is 10.5 Å². The summed E-state index contributed by atoms with van der Waals surface area (Å²) < 4.78 is 19.0. The highest BCUT2D eigenvalue weighted by Gasteiger charge is 2.06. The number of ether oxygens (including phenoxy) is 1. The molecule has 3 N–H and O–H groups in total. The highest BCUT2D eigenvalue weighted by atomic mass is 19.1. The van der Waals surface area contributed by atoms with Crippen LogP contribution in [0.3, 0.4) is 0 Å². The van der Waals surface area contributed by atoms with Gasteiger partial charge in [-0.3, -0.25) is 0 Å². The lowest BCUT2D eigenvalue weighted by Crippen LogP contribution is -2.24. The molecule has 0 spiro atoms. The number of hydrogen-bond acceptors (Lipinski definition) is 3. The molecular formula is C14H12FN3O2. The molecule has 0 saturated carbocycles. The quantitative estimate of drug-likeness (QED) is 0.663. The molecule has 5 nitrogen and oxygen atoms in total. The molecule has 2 aromatic rings. The molecule has 0 saturated heterocycles. The lowest BCUT2D eigenvalue weighted by molar-refractivity contribution is 0.249. The van der Waals surface area contributed by atoms with E-state index in [0.717, 1.165) is 0 Å². The van der Waals surface area contributed by atoms with Gasteiger partial charge >= 0.3 is 6.03 Å². The van der Waals surface area contributed by atoms with E-state index in [1.165, 1.54) is 18.3 Å². The summed E-state index contributed by atoms with van der Waals surface area (Å²) in [6, 6.07) is 12.2. The molecule has 0 aromatic heterocycles. The predicted octanol–water partition coefficient (Wildman–Crippen LogP) is 2.62. The second-order valence-electron chi connectivity index (χ2n) is 3.80. The molecule has 102 valence electrons. The molecule has 0 aliphatic carbocycles. The summed E-state index contributed by atoms with van der Waals surface area (Å²) in [6.07, 6.45) is 1.36. The Hall–Kier alpha value is -2.89. The maximum atomic E-state index is 13.5. The van der Waals surface area contributed by atoms with Gasteiger partial charge in [0.2, 0.25) is 0 Å². The molecule has 0 atom stereocenters. The SMILES string of the molecule is NC(=O)NN=Cc1ccccc1Oc1ccccc1F. The van der Waals surface area contributed by atoms with Gasteiger partial charge in [-0.25, -0.2) is 14.6 Å². The minimum Gasteiger partial charge on any atom is -0.454 e. The summed E-state index contributed by atoms with van der Waals surface area (Å²) in [7, 11) is 0. The van der Waals surface area contributed by atoms with Crippen molar-refractivity contribution in [1.29, 1.82) is 0 Å². The first-order chi connectivity index (χ1) is 9.66. The molecule has 0 bridgehead atoms. The van der Waals surface area contributed by atoms with Crippen molar-refractivity contribution in [2.45, 2.75) is 0 Å². The molecule has 0 heterocycles. The molecule has 2 aromatic carbocycles. The molecule has 0 aliphatic heterocycles. The summed E-state index contributed by atoms with van der Waals surface area (Å²) in [6.45, 7) is 0. The number of benzene rings is 2. The van der Waals surface area contributed by atoms with E-state index < -0.39 is 11.8 Å². The summed E-state index contributed by atoms with van der Waals surface area (Å²) in [5.74, 6) is 0.0540. The normalized spacial score (nSPS) is 10.4. The number of carbonyl (C=O) groups excluding carboxylic acids is 1. The van der Waals surface area contributed by atoms with Crippen LogP contribution in [0.15, 0.2) is 53.6 Å². The fourth-order valence-corrected chi connectivity index (χ4v) is 1.49. The maximum absolute atomic E-state index is 13.5. The van der Waals surface area contributed by atoms with Crippen LogP contribution in [-0.4, -0.2) is 12.2 Å². The van der Waals surface area contributed by atoms with Gasteiger partial charge in [0.1, 0.15) is 5.75 Å². The van der Waals surface area contributed by atoms with Crippen LogP contribution >= 0.6 is 0 Å². The Morgan fingerprint density at radius 2 is 1.80 bits per heavy atom. The van der Waals surface area contributed by atoms with E-state index >= 15 is 0 Å². The Bertz CT molecular complexity index is 644. The van der Waals surface area contributed by atoms with Crippen LogP contribution in [0.4, 0.5) is 9.18 Å². The number of nitrogens with zero attached hydrogens (tertiary/aromatic N) is 1. The van der Waals surface area contributed by atoms with Crippen molar-refractivity contribution in [2.24, 2.45) is 10.8 Å². The van der Waals surface area contributed by atoms with Gasteiger partial charge < -0.3 is 10.5 Å². The number of nitrogens with one attached hydrogen (secondary N) is 1. The molecule has 20 heavy (non-hydrogen) atoms. The second-order valence-corrected chi connectivity index (χ2v) is 3.80. The third kappa shape index (κ3) is 3.55. The minimum atomic E-state index is -0.770. The first kappa shape index (κ1) is 13.5. The number of carbonyl (C=O) groups is 1. The van der Waals surface area contributed by atoms with Gasteiger partial charge in [0.25, 0.3) is 0 Å². The fourth-order valence-electron chi connectivity index (χ4n) is 1.49. The average Bonchev–Trinajstić information content (AvgIpc) is 2.43. The number of nitrogens with two attached hydrogens (primary N) is 1. The van der Waals surface area contributed by atoms with Gasteiger partial charge in [-0.15, -0.1) is 0 Å². The Labute approximate surface area is 114 Å². The zero-order valence-electron chi connectivity index (χ0n) is 10.4. The molecule has 2 rings (SSSR count). The third-order valence-corrected chi connectivity index (χ3v) is 2.35. The van der Waals surface area contributed by atoms with Crippen LogP contribution in [-0.2, 0) is 0 Å². The number of primary amides is 1. The molecular weight excluding hydrogens is 261 g/mol. The first-order valence-electron chi connectivity index (χ1n) is 5.77. The van der Waals surface area contributed by atoms with Crippen molar-refractivity contribution in [3.63, 3.8) is 0 Å². The van der Waals surface area contributed by atoms with Gasteiger partial charge in [-0.2, -0.15) is 5.10 Å². The molecule has 0 aliphatic rings. The molecule has 0 unspecified atom stereocenters. The lowest BCUT2D eigenvalue weighted by atomic mass is 10.2. The van der Waals surface area contributed by atoms with Crippen molar-refractivity contribution in [2.75, 3.05) is 0 Å². The Morgan fingerprint density at radius 1 is 1.15 bits per heavy atom. The Morgan fingerprint density at radius 3 is 2.50 bits per heavy atom. The summed E-state index contributed by atoms with van der Waals surface area (Å²) in [4.78, 5) is 10.5. The van der Waals surface area contributed by atoms with E-state index in [-0.39, 0.29) is 5.75 Å². The molecule has 6 heteroatoms. The van der Waals surface area contributed by atoms with Gasteiger partial charge in [-0.05, 0) is 24.3 Å². The van der Waals surface area contributed by atoms with E-state index in [1.807, 2.05) is 0 Å². The van der Waals surface area contributed by atoms with Crippen LogP contribution in [0.5, 0.6) is 11.5 Å². The zero-order chi connectivity index (χ0) is 14.4. The number of urea groups is 1. The van der Waals surface area contributed by atoms with Crippen LogP contribution in [0.1, 0.15) is 5.56 Å². The number of para-hydroxylation sites is 2. The van der Waals surface area contributed by atoms with Gasteiger partial charge in [0, 0.05) is 5.56 Å². The van der Waals surface area contributed by atoms with Crippen molar-refractivity contribution in [1.82, 2.24) is 5.43 Å². The van der Waals surface area contributed by atoms with Gasteiger partial charge in [-0.1, -0.05) is 24.3 Å². The first-order valence-corrected chi connectivity index (χ1v) is 5.77. The van der Waals surface area contributed by atoms with E-state index in [1.54, 1.807) is 36.4 Å². The predicted molar refractivity (Wildman–Crippen MR) is 73.2 cm³/mol. The van der Waals surface area contributed by atoms with E-state index in [2.05, 4.69) is 10.5 Å². The third-order valence-electron chi connectivity index (χ3n) is 2.35. The van der Waals surface area contributed by atoms with Crippen molar-refractivity contribution in [3.05, 3.63) is 59.9 Å². The monoisotopic (exact) mass is 273 g/mol. The number of hydrogen-bond donors (Lipinski definition) is 2. The van der Waals surface area contributed by atoms with Crippen LogP contribution in [0.25, 0.3) is 0 Å². The van der Waals surface area contributed by atoms with Crippen molar-refractivity contribution >= 4 is 12.2 Å². The zero-order valence-corrected chi connectivity index (χ0v) is 10.4. The fraction of sp³-hybridized carbons (Fsp3) is 0. The largest absolute Gasteiger partial charge is 0.454 e. The van der Waals surface area contributed by atoms with Crippen molar-refractivity contribution in [3.8, 4) is 11.5 Å². The molecule has 0 fully saturated rings.